The van der Waals surface area contributed by atoms with Crippen LogP contribution in [0.25, 0.3) is 11.1 Å². The summed E-state index contributed by atoms with van der Waals surface area (Å²) in [7, 11) is 0. The lowest BCUT2D eigenvalue weighted by molar-refractivity contribution is -0.0458. The quantitative estimate of drug-likeness (QED) is 0.756. The van der Waals surface area contributed by atoms with Crippen LogP contribution in [0.3, 0.4) is 0 Å². The predicted molar refractivity (Wildman–Crippen MR) is 83.4 cm³/mol. The normalized spacial score (nSPS) is 24.0. The third-order valence-electron chi connectivity index (χ3n) is 3.82. The summed E-state index contributed by atoms with van der Waals surface area (Å²) in [5.74, 6) is 0. The summed E-state index contributed by atoms with van der Waals surface area (Å²) in [6.07, 6.45) is -0.836. The third-order valence-corrected chi connectivity index (χ3v) is 4.07. The van der Waals surface area contributed by atoms with Gasteiger partial charge in [0, 0.05) is 17.6 Å². The molecule has 122 valence electrons. The molecular formula is C15H15ClN2O5. The topological polar surface area (TPSA) is 105 Å². The summed E-state index contributed by atoms with van der Waals surface area (Å²) in [4.78, 5) is 26.3. The molecule has 8 heteroatoms. The lowest BCUT2D eigenvalue weighted by atomic mass is 10.1. The molecule has 0 spiro atoms. The molecule has 1 fully saturated rings. The summed E-state index contributed by atoms with van der Waals surface area (Å²) < 4.78 is 6.67. The number of aromatic amines is 1. The molecule has 2 heterocycles. The summed E-state index contributed by atoms with van der Waals surface area (Å²) in [5.41, 5.74) is -0.275. The molecule has 1 aliphatic heterocycles. The Balaban J connectivity index is 2.03. The van der Waals surface area contributed by atoms with Crippen molar-refractivity contribution in [3.8, 4) is 11.1 Å². The van der Waals surface area contributed by atoms with Crippen LogP contribution in [0, 0.1) is 0 Å². The maximum Gasteiger partial charge on any atom is 0.330 e. The van der Waals surface area contributed by atoms with Gasteiger partial charge in [-0.25, -0.2) is 4.79 Å². The van der Waals surface area contributed by atoms with Gasteiger partial charge in [-0.2, -0.15) is 0 Å². The molecule has 2 aromatic rings. The van der Waals surface area contributed by atoms with Crippen molar-refractivity contribution in [2.75, 3.05) is 6.61 Å². The van der Waals surface area contributed by atoms with E-state index < -0.39 is 29.7 Å². The van der Waals surface area contributed by atoms with E-state index in [-0.39, 0.29) is 18.6 Å². The van der Waals surface area contributed by atoms with E-state index in [9.17, 15) is 14.7 Å². The Hall–Kier alpha value is -1.93. The van der Waals surface area contributed by atoms with E-state index >= 15 is 0 Å². The van der Waals surface area contributed by atoms with Gasteiger partial charge in [0.15, 0.2) is 0 Å². The largest absolute Gasteiger partial charge is 0.394 e. The number of aliphatic hydroxyl groups is 2. The fraction of sp³-hybridized carbons (Fsp3) is 0.333. The second-order valence-corrected chi connectivity index (χ2v) is 5.77. The van der Waals surface area contributed by atoms with Gasteiger partial charge in [0.05, 0.1) is 18.3 Å². The second kappa shape index (κ2) is 6.29. The molecule has 0 radical (unpaired) electrons. The van der Waals surface area contributed by atoms with E-state index in [1.54, 1.807) is 24.3 Å². The van der Waals surface area contributed by atoms with E-state index in [2.05, 4.69) is 4.98 Å². The van der Waals surface area contributed by atoms with Gasteiger partial charge >= 0.3 is 5.69 Å². The van der Waals surface area contributed by atoms with Crippen LogP contribution in [0.15, 0.2) is 40.1 Å². The summed E-state index contributed by atoms with van der Waals surface area (Å²) in [6, 6.07) is 6.62. The minimum absolute atomic E-state index is 0.150. The lowest BCUT2D eigenvalue weighted by Crippen LogP contribution is -2.33. The van der Waals surface area contributed by atoms with Crippen molar-refractivity contribution in [3.63, 3.8) is 0 Å². The molecule has 3 atom stereocenters. The van der Waals surface area contributed by atoms with Crippen LogP contribution in [0.4, 0.5) is 0 Å². The molecule has 0 unspecified atom stereocenters. The molecule has 1 aliphatic rings. The highest BCUT2D eigenvalue weighted by Gasteiger charge is 2.35. The van der Waals surface area contributed by atoms with Gasteiger partial charge in [-0.3, -0.25) is 14.3 Å². The van der Waals surface area contributed by atoms with Crippen LogP contribution < -0.4 is 11.2 Å². The number of aromatic nitrogens is 2. The Morgan fingerprint density at radius 1 is 1.30 bits per heavy atom. The summed E-state index contributed by atoms with van der Waals surface area (Å²) >= 11 is 5.83. The Kier molecular flexibility index (Phi) is 4.36. The minimum atomic E-state index is -0.872. The van der Waals surface area contributed by atoms with E-state index in [0.717, 1.165) is 0 Å². The molecule has 1 aromatic heterocycles. The summed E-state index contributed by atoms with van der Waals surface area (Å²) in [5, 5.41) is 19.5. The van der Waals surface area contributed by atoms with Crippen LogP contribution in [-0.2, 0) is 4.74 Å². The van der Waals surface area contributed by atoms with Gasteiger partial charge in [-0.1, -0.05) is 23.7 Å². The van der Waals surface area contributed by atoms with Gasteiger partial charge in [-0.15, -0.1) is 0 Å². The monoisotopic (exact) mass is 338 g/mol. The van der Waals surface area contributed by atoms with Crippen molar-refractivity contribution in [3.05, 3.63) is 56.3 Å². The van der Waals surface area contributed by atoms with Crippen LogP contribution >= 0.6 is 11.6 Å². The van der Waals surface area contributed by atoms with E-state index in [4.69, 9.17) is 21.4 Å². The molecule has 1 saturated heterocycles. The van der Waals surface area contributed by atoms with Crippen LogP contribution in [0.5, 0.6) is 0 Å². The van der Waals surface area contributed by atoms with E-state index in [1.165, 1.54) is 10.8 Å². The SMILES string of the molecule is O=c1[nH]c(=O)n([C@H]2C[C@H](O)[C@@H](CO)O2)cc1-c1ccc(Cl)cc1. The lowest BCUT2D eigenvalue weighted by Gasteiger charge is -2.15. The van der Waals surface area contributed by atoms with Crippen molar-refractivity contribution >= 4 is 11.6 Å². The maximum atomic E-state index is 12.0. The number of H-pyrrole nitrogens is 1. The average molecular weight is 339 g/mol. The molecule has 23 heavy (non-hydrogen) atoms. The number of hydrogen-bond acceptors (Lipinski definition) is 5. The highest BCUT2D eigenvalue weighted by atomic mass is 35.5. The Bertz CT molecular complexity index is 814. The minimum Gasteiger partial charge on any atom is -0.394 e. The van der Waals surface area contributed by atoms with Crippen molar-refractivity contribution in [2.45, 2.75) is 24.9 Å². The van der Waals surface area contributed by atoms with Gasteiger partial charge < -0.3 is 14.9 Å². The smallest absolute Gasteiger partial charge is 0.330 e. The third kappa shape index (κ3) is 3.09. The standard InChI is InChI=1S/C15H15ClN2O5/c16-9-3-1-8(2-4-9)10-6-18(15(22)17-14(10)21)13-5-11(20)12(7-19)23-13/h1-4,6,11-13,19-20H,5,7H2,(H,17,21,22)/t11-,12+,13+/m0/s1. The number of aliphatic hydroxyl groups excluding tert-OH is 2. The van der Waals surface area contributed by atoms with Gasteiger partial charge in [0.1, 0.15) is 12.3 Å². The van der Waals surface area contributed by atoms with Crippen molar-refractivity contribution < 1.29 is 14.9 Å². The maximum absolute atomic E-state index is 12.0. The second-order valence-electron chi connectivity index (χ2n) is 5.33. The molecule has 0 saturated carbocycles. The number of benzene rings is 1. The highest BCUT2D eigenvalue weighted by Crippen LogP contribution is 2.28. The Labute approximate surface area is 135 Å². The molecule has 0 bridgehead atoms. The highest BCUT2D eigenvalue weighted by molar-refractivity contribution is 6.30. The number of rotatable bonds is 3. The first-order valence-corrected chi connectivity index (χ1v) is 7.43. The molecule has 3 N–H and O–H groups in total. The van der Waals surface area contributed by atoms with Crippen molar-refractivity contribution in [1.82, 2.24) is 9.55 Å². The van der Waals surface area contributed by atoms with Gasteiger partial charge in [0.25, 0.3) is 5.56 Å². The first-order valence-electron chi connectivity index (χ1n) is 7.05. The number of ether oxygens (including phenoxy) is 1. The average Bonchev–Trinajstić information content (AvgIpc) is 2.89. The zero-order valence-corrected chi connectivity index (χ0v) is 12.7. The zero-order chi connectivity index (χ0) is 16.6. The number of nitrogens with zero attached hydrogens (tertiary/aromatic N) is 1. The fourth-order valence-corrected chi connectivity index (χ4v) is 2.71. The van der Waals surface area contributed by atoms with E-state index in [1.807, 2.05) is 0 Å². The number of nitrogens with one attached hydrogen (secondary N) is 1. The van der Waals surface area contributed by atoms with E-state index in [0.29, 0.717) is 10.6 Å². The van der Waals surface area contributed by atoms with Crippen LogP contribution in [-0.4, -0.2) is 38.6 Å². The number of hydrogen-bond donors (Lipinski definition) is 3. The summed E-state index contributed by atoms with van der Waals surface area (Å²) in [6.45, 7) is -0.347. The molecule has 7 nitrogen and oxygen atoms in total. The zero-order valence-electron chi connectivity index (χ0n) is 12.0. The molecule has 1 aromatic carbocycles. The van der Waals surface area contributed by atoms with Crippen LogP contribution in [0.2, 0.25) is 5.02 Å². The van der Waals surface area contributed by atoms with Gasteiger partial charge in [-0.05, 0) is 17.7 Å². The first kappa shape index (κ1) is 15.9. The molecule has 0 amide bonds. The number of halogens is 1. The van der Waals surface area contributed by atoms with Crippen molar-refractivity contribution in [1.29, 1.82) is 0 Å². The fourth-order valence-electron chi connectivity index (χ4n) is 2.58. The Morgan fingerprint density at radius 3 is 2.61 bits per heavy atom. The Morgan fingerprint density at radius 2 is 2.00 bits per heavy atom. The molecule has 3 rings (SSSR count). The molecular weight excluding hydrogens is 324 g/mol. The van der Waals surface area contributed by atoms with Crippen molar-refractivity contribution in [2.24, 2.45) is 0 Å². The first-order chi connectivity index (χ1) is 11.0. The van der Waals surface area contributed by atoms with Crippen LogP contribution in [0.1, 0.15) is 12.6 Å². The predicted octanol–water partition coefficient (Wildman–Crippen LogP) is 0.498. The molecule has 0 aliphatic carbocycles. The van der Waals surface area contributed by atoms with Gasteiger partial charge in [0.2, 0.25) is 0 Å².